The zero-order valence-corrected chi connectivity index (χ0v) is 19.2. The van der Waals surface area contributed by atoms with Crippen LogP contribution in [0.25, 0.3) is 0 Å². The van der Waals surface area contributed by atoms with Crippen molar-refractivity contribution in [3.63, 3.8) is 0 Å². The van der Waals surface area contributed by atoms with Crippen molar-refractivity contribution in [1.29, 1.82) is 0 Å². The molecule has 0 unspecified atom stereocenters. The van der Waals surface area contributed by atoms with Crippen molar-refractivity contribution < 1.29 is 17.0 Å². The van der Waals surface area contributed by atoms with E-state index in [4.69, 9.17) is 0 Å². The van der Waals surface area contributed by atoms with Crippen molar-refractivity contribution in [2.45, 2.75) is 26.8 Å². The fourth-order valence-electron chi connectivity index (χ4n) is 3.31. The minimum atomic E-state index is -2.06. The molecule has 28 heavy (non-hydrogen) atoms. The van der Waals surface area contributed by atoms with Crippen LogP contribution in [0.5, 0.6) is 0 Å². The fourth-order valence-corrected chi connectivity index (χ4v) is 6.73. The zero-order valence-electron chi connectivity index (χ0n) is 16.7. The Kier molecular flexibility index (Phi) is 8.31. The monoisotopic (exact) mass is 451 g/mol. The number of halogens is 1. The maximum Gasteiger partial charge on any atom is 0.191 e. The molecule has 3 aromatic rings. The molecule has 0 amide bonds. The van der Waals surface area contributed by atoms with Crippen molar-refractivity contribution >= 4 is 23.2 Å². The Morgan fingerprint density at radius 3 is 1.36 bits per heavy atom. The van der Waals surface area contributed by atoms with E-state index in [0.29, 0.717) is 6.04 Å². The molecule has 0 N–H and O–H groups in total. The molecule has 0 saturated heterocycles. The van der Waals surface area contributed by atoms with Crippen LogP contribution >= 0.6 is 7.26 Å². The molecule has 0 radical (unpaired) electrons. The van der Waals surface area contributed by atoms with E-state index in [1.54, 1.807) is 0 Å². The average molecular weight is 452 g/mol. The lowest BCUT2D eigenvalue weighted by atomic mass is 10.3. The predicted octanol–water partition coefficient (Wildman–Crippen LogP) is 1.63. The van der Waals surface area contributed by atoms with E-state index >= 15 is 0 Å². The Labute approximate surface area is 180 Å². The summed E-state index contributed by atoms with van der Waals surface area (Å²) in [5.41, 5.74) is 3.80. The van der Waals surface area contributed by atoms with Crippen LogP contribution in [-0.2, 0) is 0 Å². The van der Waals surface area contributed by atoms with Crippen LogP contribution in [0.1, 0.15) is 20.8 Å². The third-order valence-electron chi connectivity index (χ3n) is 4.76. The molecule has 1 nitrogen and oxygen atoms in total. The van der Waals surface area contributed by atoms with Gasteiger partial charge in [0.15, 0.2) is 7.26 Å². The van der Waals surface area contributed by atoms with Crippen molar-refractivity contribution in [2.24, 2.45) is 0 Å². The van der Waals surface area contributed by atoms with Gasteiger partial charge in [-0.25, -0.2) is 0 Å². The Morgan fingerprint density at radius 1 is 0.714 bits per heavy atom. The van der Waals surface area contributed by atoms with Crippen molar-refractivity contribution in [2.75, 3.05) is 6.54 Å². The summed E-state index contributed by atoms with van der Waals surface area (Å²) in [6.45, 7) is 7.49. The normalized spacial score (nSPS) is 10.6. The van der Waals surface area contributed by atoms with E-state index in [1.807, 2.05) is 0 Å². The van der Waals surface area contributed by atoms with E-state index in [-0.39, 0.29) is 17.0 Å². The summed E-state index contributed by atoms with van der Waals surface area (Å²) in [4.78, 5) is 2.23. The molecule has 0 atom stereocenters. The maximum atomic E-state index is 3.80. The molecule has 0 aliphatic heterocycles. The molecule has 3 rings (SSSR count). The standard InChI is InChI=1S/C25H27NP.BrH/c1-4-26(22(2)3)20-21-27(23-14-8-5-9-15-23,24-16-10-6-11-17-24)25-18-12-7-13-19-25;/h5-19,22H,4H2,1-3H3;1H/q+1;/p-1. The van der Waals surface area contributed by atoms with Crippen LogP contribution in [0, 0.1) is 11.7 Å². The molecule has 0 bridgehead atoms. The van der Waals surface area contributed by atoms with Crippen molar-refractivity contribution in [1.82, 2.24) is 4.90 Å². The summed E-state index contributed by atoms with van der Waals surface area (Å²) in [7, 11) is -2.06. The number of rotatable bonds is 5. The zero-order chi connectivity index (χ0) is 19.1. The summed E-state index contributed by atoms with van der Waals surface area (Å²) in [6, 6.07) is 36.3. The minimum absolute atomic E-state index is 0. The Morgan fingerprint density at radius 2 is 1.07 bits per heavy atom. The van der Waals surface area contributed by atoms with Gasteiger partial charge < -0.3 is 21.9 Å². The van der Waals surface area contributed by atoms with Gasteiger partial charge in [-0.15, -0.1) is 0 Å². The number of hydrogen-bond acceptors (Lipinski definition) is 1. The molecular formula is C25H27BrNP. The first-order valence-electron chi connectivity index (χ1n) is 9.54. The molecular weight excluding hydrogens is 425 g/mol. The Balaban J connectivity index is 0.00000280. The molecule has 3 aromatic carbocycles. The lowest BCUT2D eigenvalue weighted by Crippen LogP contribution is -3.00. The summed E-state index contributed by atoms with van der Waals surface area (Å²) in [5, 5.41) is 3.90. The lowest BCUT2D eigenvalue weighted by molar-refractivity contribution is -0.00000562. The molecule has 0 heterocycles. The predicted molar refractivity (Wildman–Crippen MR) is 120 cm³/mol. The summed E-state index contributed by atoms with van der Waals surface area (Å²) < 4.78 is 0. The molecule has 0 saturated carbocycles. The molecule has 0 aliphatic carbocycles. The molecule has 0 fully saturated rings. The van der Waals surface area contributed by atoms with Crippen LogP contribution < -0.4 is 32.9 Å². The maximum absolute atomic E-state index is 3.80. The molecule has 0 spiro atoms. The second-order valence-corrected chi connectivity index (χ2v) is 9.90. The van der Waals surface area contributed by atoms with E-state index in [0.717, 1.165) is 6.54 Å². The van der Waals surface area contributed by atoms with Crippen LogP contribution in [0.3, 0.4) is 0 Å². The highest BCUT2D eigenvalue weighted by molar-refractivity contribution is 7.99. The highest BCUT2D eigenvalue weighted by Gasteiger charge is 2.45. The first-order valence-corrected chi connectivity index (χ1v) is 11.3. The highest BCUT2D eigenvalue weighted by atomic mass is 79.9. The molecule has 0 aromatic heterocycles. The van der Waals surface area contributed by atoms with Gasteiger partial charge >= 0.3 is 0 Å². The van der Waals surface area contributed by atoms with E-state index in [1.165, 1.54) is 15.9 Å². The Bertz CT molecular complexity index is 802. The van der Waals surface area contributed by atoms with Crippen LogP contribution in [0.2, 0.25) is 0 Å². The third kappa shape index (κ3) is 4.67. The average Bonchev–Trinajstić information content (AvgIpc) is 2.73. The lowest BCUT2D eigenvalue weighted by Gasteiger charge is -2.23. The van der Waals surface area contributed by atoms with Gasteiger partial charge in [0.1, 0.15) is 21.6 Å². The third-order valence-corrected chi connectivity index (χ3v) is 8.41. The SMILES string of the molecule is CCN(C#C[P+](c1ccccc1)(c1ccccc1)c1ccccc1)C(C)C.[Br-]. The number of nitrogens with zero attached hydrogens (tertiary/aromatic N) is 1. The summed E-state index contributed by atoms with van der Waals surface area (Å²) in [6.07, 6.45) is 0. The van der Waals surface area contributed by atoms with E-state index in [9.17, 15) is 0 Å². The van der Waals surface area contributed by atoms with Crippen LogP contribution in [-0.4, -0.2) is 17.5 Å². The van der Waals surface area contributed by atoms with Crippen molar-refractivity contribution in [3.05, 3.63) is 91.0 Å². The molecule has 144 valence electrons. The topological polar surface area (TPSA) is 3.24 Å². The van der Waals surface area contributed by atoms with E-state index in [2.05, 4.69) is 128 Å². The van der Waals surface area contributed by atoms with E-state index < -0.39 is 7.26 Å². The second kappa shape index (κ2) is 10.5. The van der Waals surface area contributed by atoms with Gasteiger partial charge in [-0.3, -0.25) is 0 Å². The van der Waals surface area contributed by atoms with Gasteiger partial charge in [-0.2, -0.15) is 0 Å². The first kappa shape index (κ1) is 22.2. The van der Waals surface area contributed by atoms with Gasteiger partial charge in [-0.1, -0.05) is 54.6 Å². The highest BCUT2D eigenvalue weighted by Crippen LogP contribution is 2.54. The van der Waals surface area contributed by atoms with Crippen molar-refractivity contribution in [3.8, 4) is 11.7 Å². The summed E-state index contributed by atoms with van der Waals surface area (Å²) in [5.74, 6) is 0. The summed E-state index contributed by atoms with van der Waals surface area (Å²) >= 11 is 0. The van der Waals surface area contributed by atoms with Gasteiger partial charge in [0.25, 0.3) is 0 Å². The van der Waals surface area contributed by atoms with Gasteiger partial charge in [0.05, 0.1) is 6.04 Å². The number of benzene rings is 3. The molecule has 0 aliphatic rings. The Hall–Kier alpha value is -2.07. The van der Waals surface area contributed by atoms with Gasteiger partial charge in [0.2, 0.25) is 0 Å². The minimum Gasteiger partial charge on any atom is -1.00 e. The van der Waals surface area contributed by atoms with Crippen LogP contribution in [0.4, 0.5) is 0 Å². The molecule has 3 heteroatoms. The van der Waals surface area contributed by atoms with Gasteiger partial charge in [-0.05, 0) is 57.2 Å². The second-order valence-electron chi connectivity index (χ2n) is 6.78. The largest absolute Gasteiger partial charge is 1.00 e. The van der Waals surface area contributed by atoms with Crippen LogP contribution in [0.15, 0.2) is 91.0 Å². The smallest absolute Gasteiger partial charge is 0.191 e. The number of hydrogen-bond donors (Lipinski definition) is 0. The first-order chi connectivity index (χ1) is 13.2. The fraction of sp³-hybridized carbons (Fsp3) is 0.200. The van der Waals surface area contributed by atoms with Gasteiger partial charge in [0, 0.05) is 12.6 Å². The quantitative estimate of drug-likeness (QED) is 0.323.